The third-order valence-corrected chi connectivity index (χ3v) is 6.10. The van der Waals surface area contributed by atoms with Crippen molar-refractivity contribution in [3.8, 4) is 0 Å². The van der Waals surface area contributed by atoms with Gasteiger partial charge in [0.2, 0.25) is 5.91 Å². The summed E-state index contributed by atoms with van der Waals surface area (Å²) in [6.07, 6.45) is 4.52. The second-order valence-corrected chi connectivity index (χ2v) is 8.10. The van der Waals surface area contributed by atoms with E-state index in [9.17, 15) is 9.18 Å². The Morgan fingerprint density at radius 2 is 1.74 bits per heavy atom. The van der Waals surface area contributed by atoms with E-state index in [1.165, 1.54) is 30.7 Å². The molecule has 3 fully saturated rings. The van der Waals surface area contributed by atoms with Gasteiger partial charge < -0.3 is 9.80 Å². The largest absolute Gasteiger partial charge is 0.356 e. The second kappa shape index (κ2) is 6.59. The van der Waals surface area contributed by atoms with Crippen LogP contribution in [0.25, 0.3) is 0 Å². The molecule has 3 heterocycles. The molecule has 0 N–H and O–H groups in total. The first-order valence-electron chi connectivity index (χ1n) is 9.75. The molecule has 5 nitrogen and oxygen atoms in total. The van der Waals surface area contributed by atoms with Crippen LogP contribution in [0.5, 0.6) is 0 Å². The molecule has 3 aliphatic rings. The minimum Gasteiger partial charge on any atom is -0.356 e. The molecule has 2 aromatic rings. The van der Waals surface area contributed by atoms with Gasteiger partial charge in [0, 0.05) is 55.7 Å². The molecule has 2 atom stereocenters. The van der Waals surface area contributed by atoms with Gasteiger partial charge in [-0.25, -0.2) is 14.4 Å². The highest BCUT2D eigenvalue weighted by molar-refractivity contribution is 5.79. The van der Waals surface area contributed by atoms with Gasteiger partial charge in [-0.1, -0.05) is 12.1 Å². The van der Waals surface area contributed by atoms with Gasteiger partial charge in [0.25, 0.3) is 0 Å². The van der Waals surface area contributed by atoms with Crippen LogP contribution in [0.3, 0.4) is 0 Å². The summed E-state index contributed by atoms with van der Waals surface area (Å²) in [5, 5.41) is 0. The number of nitrogens with zero attached hydrogens (tertiary/aromatic N) is 4. The minimum absolute atomic E-state index is 0.139. The molecule has 0 bridgehead atoms. The maximum Gasteiger partial charge on any atom is 0.227 e. The van der Waals surface area contributed by atoms with Crippen molar-refractivity contribution in [2.75, 3.05) is 31.1 Å². The lowest BCUT2D eigenvalue weighted by Gasteiger charge is -2.22. The Bertz CT molecular complexity index is 838. The molecule has 1 aromatic carbocycles. The predicted molar refractivity (Wildman–Crippen MR) is 99.9 cm³/mol. The van der Waals surface area contributed by atoms with E-state index >= 15 is 0 Å². The summed E-state index contributed by atoms with van der Waals surface area (Å²) >= 11 is 0. The number of hydrogen-bond acceptors (Lipinski definition) is 4. The Morgan fingerprint density at radius 1 is 1.04 bits per heavy atom. The molecule has 0 spiro atoms. The van der Waals surface area contributed by atoms with Gasteiger partial charge in [-0.15, -0.1) is 0 Å². The van der Waals surface area contributed by atoms with E-state index in [4.69, 9.17) is 0 Å². The fourth-order valence-corrected chi connectivity index (χ4v) is 4.41. The topological polar surface area (TPSA) is 49.3 Å². The number of rotatable bonds is 4. The first-order valence-corrected chi connectivity index (χ1v) is 9.75. The average molecular weight is 366 g/mol. The Morgan fingerprint density at radius 3 is 2.41 bits per heavy atom. The van der Waals surface area contributed by atoms with Crippen molar-refractivity contribution in [2.24, 2.45) is 11.8 Å². The van der Waals surface area contributed by atoms with Crippen LogP contribution in [-0.2, 0) is 11.2 Å². The molecule has 140 valence electrons. The Kier molecular flexibility index (Phi) is 4.06. The van der Waals surface area contributed by atoms with Crippen molar-refractivity contribution in [1.82, 2.24) is 14.9 Å². The number of likely N-dealkylation sites (tertiary alicyclic amines) is 1. The lowest BCUT2D eigenvalue weighted by molar-refractivity contribution is -0.129. The van der Waals surface area contributed by atoms with E-state index in [-0.39, 0.29) is 11.7 Å². The normalized spacial score (nSPS) is 24.3. The molecule has 0 radical (unpaired) electrons. The highest BCUT2D eigenvalue weighted by atomic mass is 19.1. The summed E-state index contributed by atoms with van der Waals surface area (Å²) in [5.74, 6) is 2.54. The molecular formula is C21H23FN4O. The molecule has 2 unspecified atom stereocenters. The second-order valence-electron chi connectivity index (χ2n) is 8.10. The fourth-order valence-electron chi connectivity index (χ4n) is 4.41. The first-order chi connectivity index (χ1) is 13.2. The van der Waals surface area contributed by atoms with E-state index in [1.807, 2.05) is 4.90 Å². The van der Waals surface area contributed by atoms with Gasteiger partial charge in [0.1, 0.15) is 18.0 Å². The molecule has 5 rings (SSSR count). The van der Waals surface area contributed by atoms with Crippen LogP contribution < -0.4 is 4.90 Å². The van der Waals surface area contributed by atoms with Gasteiger partial charge in [-0.3, -0.25) is 4.79 Å². The number of carbonyl (C=O) groups excluding carboxylic acids is 1. The van der Waals surface area contributed by atoms with Crippen molar-refractivity contribution in [2.45, 2.75) is 25.2 Å². The van der Waals surface area contributed by atoms with Crippen LogP contribution in [0.4, 0.5) is 10.2 Å². The number of halogens is 1. The van der Waals surface area contributed by atoms with E-state index in [0.29, 0.717) is 24.2 Å². The van der Waals surface area contributed by atoms with Crippen LogP contribution in [0.2, 0.25) is 0 Å². The van der Waals surface area contributed by atoms with Crippen molar-refractivity contribution < 1.29 is 9.18 Å². The Balaban J connectivity index is 1.20. The summed E-state index contributed by atoms with van der Waals surface area (Å²) in [6, 6.07) is 8.36. The molecule has 2 saturated heterocycles. The van der Waals surface area contributed by atoms with Crippen molar-refractivity contribution in [3.63, 3.8) is 0 Å². The van der Waals surface area contributed by atoms with Gasteiger partial charge >= 0.3 is 0 Å². The lowest BCUT2D eigenvalue weighted by atomic mass is 10.0. The zero-order valence-corrected chi connectivity index (χ0v) is 15.2. The third-order valence-electron chi connectivity index (χ3n) is 6.10. The number of aromatic nitrogens is 2. The summed E-state index contributed by atoms with van der Waals surface area (Å²) in [4.78, 5) is 25.8. The number of benzene rings is 1. The lowest BCUT2D eigenvalue weighted by Crippen LogP contribution is -2.34. The smallest absolute Gasteiger partial charge is 0.227 e. The van der Waals surface area contributed by atoms with Gasteiger partial charge in [0.05, 0.1) is 6.42 Å². The van der Waals surface area contributed by atoms with Crippen LogP contribution in [0, 0.1) is 17.7 Å². The summed E-state index contributed by atoms with van der Waals surface area (Å²) in [6.45, 7) is 3.52. The van der Waals surface area contributed by atoms with Crippen LogP contribution in [0.1, 0.15) is 30.0 Å². The molecular weight excluding hydrogens is 343 g/mol. The first kappa shape index (κ1) is 16.7. The van der Waals surface area contributed by atoms with Gasteiger partial charge in [-0.2, -0.15) is 0 Å². The van der Waals surface area contributed by atoms with Crippen molar-refractivity contribution in [3.05, 3.63) is 53.7 Å². The van der Waals surface area contributed by atoms with Crippen molar-refractivity contribution >= 4 is 11.7 Å². The van der Waals surface area contributed by atoms with E-state index in [2.05, 4.69) is 20.9 Å². The molecule has 27 heavy (non-hydrogen) atoms. The number of anilines is 1. The third kappa shape index (κ3) is 3.40. The Labute approximate surface area is 158 Å². The van der Waals surface area contributed by atoms with Gasteiger partial charge in [0.15, 0.2) is 0 Å². The maximum atomic E-state index is 13.0. The Hall–Kier alpha value is -2.50. The monoisotopic (exact) mass is 366 g/mol. The highest BCUT2D eigenvalue weighted by Crippen LogP contribution is 2.40. The van der Waals surface area contributed by atoms with E-state index < -0.39 is 0 Å². The standard InChI is InChI=1S/C21H23FN4O/c22-18-5-1-14(2-6-18)7-21(27)26-11-16-9-25(10-17(16)12-26)20-8-19(15-3-4-15)23-13-24-20/h1-2,5-6,8,13,15-17H,3-4,7,9-12H2. The minimum atomic E-state index is -0.267. The fraction of sp³-hybridized carbons (Fsp3) is 0.476. The predicted octanol–water partition coefficient (Wildman–Crippen LogP) is 2.63. The zero-order chi connectivity index (χ0) is 18.4. The van der Waals surface area contributed by atoms with Crippen LogP contribution >= 0.6 is 0 Å². The number of amides is 1. The molecule has 6 heteroatoms. The molecule has 1 aromatic heterocycles. The van der Waals surface area contributed by atoms with Gasteiger partial charge in [-0.05, 0) is 30.5 Å². The van der Waals surface area contributed by atoms with Crippen molar-refractivity contribution in [1.29, 1.82) is 0 Å². The summed E-state index contributed by atoms with van der Waals surface area (Å²) < 4.78 is 13.0. The summed E-state index contributed by atoms with van der Waals surface area (Å²) in [7, 11) is 0. The molecule has 1 aliphatic carbocycles. The molecule has 2 aliphatic heterocycles. The number of carbonyl (C=O) groups is 1. The number of hydrogen-bond donors (Lipinski definition) is 0. The maximum absolute atomic E-state index is 13.0. The highest BCUT2D eigenvalue weighted by Gasteiger charge is 2.42. The average Bonchev–Trinajstić information content (AvgIpc) is 3.33. The van der Waals surface area contributed by atoms with Crippen LogP contribution in [-0.4, -0.2) is 47.0 Å². The zero-order valence-electron chi connectivity index (χ0n) is 15.2. The molecule has 1 saturated carbocycles. The van der Waals surface area contributed by atoms with E-state index in [0.717, 1.165) is 37.6 Å². The SMILES string of the molecule is O=C(Cc1ccc(F)cc1)N1CC2CN(c3cc(C4CC4)ncn3)CC2C1. The number of fused-ring (bicyclic) bond motifs is 1. The summed E-state index contributed by atoms with van der Waals surface area (Å²) in [5.41, 5.74) is 2.04. The van der Waals surface area contributed by atoms with Crippen LogP contribution in [0.15, 0.2) is 36.7 Å². The quantitative estimate of drug-likeness (QED) is 0.835. The molecule has 1 amide bonds. The van der Waals surface area contributed by atoms with E-state index in [1.54, 1.807) is 18.5 Å².